The molecule has 452 valence electrons. The molecule has 0 spiro atoms. The number of phosphoric ester groups is 3. The number of nitrogens with zero attached hydrogens (tertiary/aromatic N) is 8. The fourth-order valence-electron chi connectivity index (χ4n) is 9.09. The molecule has 0 saturated carbocycles. The van der Waals surface area contributed by atoms with Gasteiger partial charge in [0.1, 0.15) is 61.2 Å². The third kappa shape index (κ3) is 13.9. The molecular weight excluding hydrogens is 1200 g/mol. The molecule has 0 bridgehead atoms. The largest absolute Gasteiger partial charge is 0.756 e. The number of rotatable bonds is 23. The second-order valence-corrected chi connectivity index (χ2v) is 24.3. The zero-order chi connectivity index (χ0) is 59.9. The summed E-state index contributed by atoms with van der Waals surface area (Å²) in [6.45, 7) is -4.15. The zero-order valence-electron chi connectivity index (χ0n) is 42.6. The average Bonchev–Trinajstić information content (AvgIpc) is 2.53. The minimum Gasteiger partial charge on any atom is -0.756 e. The molecule has 16 atom stereocenters. The highest BCUT2D eigenvalue weighted by Gasteiger charge is 2.53. The molecule has 0 aliphatic carbocycles. The number of nitrogen functional groups attached to an aromatic ring is 2. The van der Waals surface area contributed by atoms with Crippen molar-refractivity contribution < 1.29 is 113 Å². The number of methoxy groups -OCH3 is 1. The van der Waals surface area contributed by atoms with Crippen LogP contribution in [0.1, 0.15) is 24.2 Å². The molecule has 83 heavy (non-hydrogen) atoms. The predicted molar refractivity (Wildman–Crippen MR) is 268 cm³/mol. The Kier molecular flexibility index (Phi) is 18.1. The van der Waals surface area contributed by atoms with Gasteiger partial charge in [0.2, 0.25) is 11.7 Å². The number of aromatic amines is 2. The number of fused-ring (bicyclic) bond motifs is 2. The molecule has 1 amide bonds. The Morgan fingerprint density at radius 1 is 0.819 bits per heavy atom. The van der Waals surface area contributed by atoms with Crippen molar-refractivity contribution >= 4 is 71.5 Å². The first-order valence-electron chi connectivity index (χ1n) is 24.0. The Bertz CT molecular complexity index is 3740. The van der Waals surface area contributed by atoms with Crippen LogP contribution in [0.5, 0.6) is 0 Å². The topological polar surface area (TPSA) is 548 Å². The second-order valence-electron chi connectivity index (χ2n) is 18.3. The number of nitrogens with one attached hydrogen (secondary N) is 3. The van der Waals surface area contributed by atoms with Gasteiger partial charge in [-0.05, 0) is 5.56 Å². The number of carbonyl (C=O) groups is 1. The number of nitrogens with two attached hydrogens (primary N) is 2. The van der Waals surface area contributed by atoms with Crippen LogP contribution < -0.4 is 43.1 Å². The number of benzene rings is 1. The maximum atomic E-state index is 13.5. The van der Waals surface area contributed by atoms with Crippen molar-refractivity contribution in [1.29, 1.82) is 0 Å². The monoisotopic (exact) mass is 1250 g/mol. The second kappa shape index (κ2) is 24.5. The Hall–Kier alpha value is -6.09. The van der Waals surface area contributed by atoms with E-state index in [-0.39, 0.29) is 40.7 Å². The molecule has 1 aromatic carbocycles. The van der Waals surface area contributed by atoms with E-state index in [0.29, 0.717) is 10.1 Å². The van der Waals surface area contributed by atoms with E-state index < -0.39 is 154 Å². The number of anilines is 2. The molecular formula is C40H51N13O26P4. The summed E-state index contributed by atoms with van der Waals surface area (Å²) in [7, 11) is -21.5. The van der Waals surface area contributed by atoms with Crippen LogP contribution >= 0.6 is 31.3 Å². The van der Waals surface area contributed by atoms with E-state index in [4.69, 9.17) is 53.2 Å². The van der Waals surface area contributed by atoms with Gasteiger partial charge in [0.25, 0.3) is 24.9 Å². The number of aromatic nitrogens is 10. The lowest BCUT2D eigenvalue weighted by Gasteiger charge is -2.31. The van der Waals surface area contributed by atoms with E-state index in [2.05, 4.69) is 38.9 Å². The van der Waals surface area contributed by atoms with Gasteiger partial charge in [0.05, 0.1) is 39.3 Å². The molecule has 8 heterocycles. The van der Waals surface area contributed by atoms with Crippen molar-refractivity contribution in [2.75, 3.05) is 44.9 Å². The molecule has 39 nitrogen and oxygen atoms in total. The van der Waals surface area contributed by atoms with Gasteiger partial charge in [-0.15, -0.1) is 0 Å². The van der Waals surface area contributed by atoms with Gasteiger partial charge < -0.3 is 84.4 Å². The number of hydrogen-bond donors (Lipinski definition) is 11. The molecule has 9 rings (SSSR count). The molecule has 4 unspecified atom stereocenters. The van der Waals surface area contributed by atoms with Crippen molar-refractivity contribution in [2.24, 2.45) is 13.0 Å². The summed E-state index contributed by atoms with van der Waals surface area (Å²) in [4.78, 5) is 115. The van der Waals surface area contributed by atoms with Crippen molar-refractivity contribution in [3.63, 3.8) is 0 Å². The lowest BCUT2D eigenvalue weighted by atomic mass is 9.98. The molecule has 3 fully saturated rings. The fraction of sp³-hybridized carbons (Fsp3) is 0.475. The quantitative estimate of drug-likeness (QED) is 0.0221. The third-order valence-electron chi connectivity index (χ3n) is 12.8. The summed E-state index contributed by atoms with van der Waals surface area (Å²) in [5.41, 5.74) is 9.69. The maximum Gasteiger partial charge on any atom is 0.490 e. The standard InChI is InChI=1S/C40H51N13O26P4/c1-50-17-53(33-25(50)34(58)49-38(42)48-33)35-26(55)19(10-43-40(60)70-11-18-6-4-3-5-7-18)20(74-35)12-72-81(63,64)78-83(67,68)79-82(65,66)73-14-22-29(30(69-2)37(76-22)52-16-46-24-31(41)44-15-45-32(24)52)77-80(61,62)71-13-21-27(56)28(57)36(75-21)51-9-8-23(54)47-39(51)59/h3-9,15-17,19-22,26-30,35-37,55-57H,10-14H2,1-2H3,(H10-,41,42,43,44,45,47,48,49,54,58,59,60,61,62,63,64,65,66,67,68)/t19-,20-,21-,22-,26-,27-,28-,29-,30-,35-,36-,37-/m1/s1. The summed E-state index contributed by atoms with van der Waals surface area (Å²) in [6.07, 6.45) is -15.4. The normalized spacial score (nSPS) is 28.4. The number of H-pyrrole nitrogens is 2. The van der Waals surface area contributed by atoms with Crippen molar-refractivity contribution in [2.45, 2.75) is 74.1 Å². The van der Waals surface area contributed by atoms with Crippen molar-refractivity contribution in [3.05, 3.63) is 98.3 Å². The third-order valence-corrected chi connectivity index (χ3v) is 18.0. The predicted octanol–water partition coefficient (Wildman–Crippen LogP) is -3.33. The van der Waals surface area contributed by atoms with Gasteiger partial charge in [-0.25, -0.2) is 42.8 Å². The lowest BCUT2D eigenvalue weighted by molar-refractivity contribution is -0.745. The zero-order valence-corrected chi connectivity index (χ0v) is 46.2. The van der Waals surface area contributed by atoms with E-state index in [1.165, 1.54) is 22.5 Å². The summed E-state index contributed by atoms with van der Waals surface area (Å²) in [5.74, 6) is -1.71. The van der Waals surface area contributed by atoms with Gasteiger partial charge in [-0.2, -0.15) is 8.62 Å². The first kappa shape index (κ1) is 61.5. The number of phosphoric acid groups is 4. The van der Waals surface area contributed by atoms with Crippen LogP contribution in [0, 0.1) is 5.92 Å². The number of amides is 1. The van der Waals surface area contributed by atoms with E-state index in [1.807, 2.05) is 4.98 Å². The minimum absolute atomic E-state index is 0.0196. The van der Waals surface area contributed by atoms with Crippen LogP contribution in [0.2, 0.25) is 0 Å². The number of hydrogen-bond acceptors (Lipinski definition) is 29. The van der Waals surface area contributed by atoms with Crippen LogP contribution in [0.4, 0.5) is 16.6 Å². The number of ether oxygens (including phenoxy) is 5. The van der Waals surface area contributed by atoms with Gasteiger partial charge >= 0.3 is 40.9 Å². The number of imidazole rings is 2. The molecule has 3 aliphatic rings. The van der Waals surface area contributed by atoms with E-state index in [0.717, 1.165) is 36.6 Å². The van der Waals surface area contributed by atoms with Crippen LogP contribution in [0.3, 0.4) is 0 Å². The van der Waals surface area contributed by atoms with E-state index >= 15 is 0 Å². The van der Waals surface area contributed by atoms with Gasteiger partial charge in [0.15, 0.2) is 30.2 Å². The van der Waals surface area contributed by atoms with Gasteiger partial charge in [0, 0.05) is 31.8 Å². The molecule has 0 radical (unpaired) electrons. The number of aliphatic hydroxyl groups is 3. The number of aliphatic hydroxyl groups excluding tert-OH is 3. The smallest absolute Gasteiger partial charge is 0.490 e. The highest BCUT2D eigenvalue weighted by Crippen LogP contribution is 2.68. The van der Waals surface area contributed by atoms with Gasteiger partial charge in [-0.1, -0.05) is 35.3 Å². The highest BCUT2D eigenvalue weighted by molar-refractivity contribution is 7.66. The Balaban J connectivity index is 0.872. The first-order chi connectivity index (χ1) is 39.1. The number of carbonyl (C=O) groups excluding carboxylic acids is 1. The van der Waals surface area contributed by atoms with Crippen LogP contribution in [0.15, 0.2) is 76.0 Å². The summed E-state index contributed by atoms with van der Waals surface area (Å²) >= 11 is 0. The molecule has 3 aliphatic heterocycles. The summed E-state index contributed by atoms with van der Waals surface area (Å²) in [5, 5.41) is 35.4. The number of alkyl carbamates (subject to hydrolysis) is 1. The fourth-order valence-corrected chi connectivity index (χ4v) is 13.6. The van der Waals surface area contributed by atoms with Crippen molar-refractivity contribution in [1.82, 2.24) is 48.9 Å². The SMILES string of the molecule is CO[C@@H]1[C@H](OP(=O)([O-])OC[C@H]2O[C@@H](n3ccc(=O)[nH]c3=O)[C@H](O)[C@@H]2O)[C@@H](COP(=O)(O)OP(=O)(O)OP(=O)(O)OC[C@H]2O[C@@H]([n+]3cn(C)c4c(=O)[nH]c(N)nc43)[C@H](O)[C@@H]2CNC(=O)OCc2ccccc2)O[C@H]1n1cnc2c(N)ncnc21. The molecule has 43 heteroatoms. The Labute approximate surface area is 462 Å². The Morgan fingerprint density at radius 2 is 1.49 bits per heavy atom. The average molecular weight is 1250 g/mol. The maximum absolute atomic E-state index is 13.5. The molecule has 3 saturated heterocycles. The summed E-state index contributed by atoms with van der Waals surface area (Å²) < 4.78 is 115. The molecule has 5 aromatic heterocycles. The minimum atomic E-state index is -6.28. The highest BCUT2D eigenvalue weighted by atomic mass is 31.3. The van der Waals surface area contributed by atoms with Crippen LogP contribution in [0.25, 0.3) is 22.3 Å². The molecule has 13 N–H and O–H groups in total. The van der Waals surface area contributed by atoms with Gasteiger partial charge in [-0.3, -0.25) is 46.9 Å². The van der Waals surface area contributed by atoms with E-state index in [1.54, 1.807) is 30.3 Å². The van der Waals surface area contributed by atoms with Crippen LogP contribution in [-0.4, -0.2) is 162 Å². The molecule has 6 aromatic rings. The lowest BCUT2D eigenvalue weighted by Crippen LogP contribution is -2.46. The Morgan fingerprint density at radius 3 is 2.18 bits per heavy atom. The van der Waals surface area contributed by atoms with E-state index in [9.17, 15) is 72.3 Å². The van der Waals surface area contributed by atoms with Crippen LogP contribution in [-0.2, 0) is 82.3 Å². The number of aryl methyl sites for hydroxylation is 1. The summed E-state index contributed by atoms with van der Waals surface area (Å²) in [6, 6.07) is 9.43. The van der Waals surface area contributed by atoms with Crippen molar-refractivity contribution in [3.8, 4) is 0 Å². The first-order valence-corrected chi connectivity index (χ1v) is 29.9.